The summed E-state index contributed by atoms with van der Waals surface area (Å²) in [5, 5.41) is 8.03. The predicted molar refractivity (Wildman–Crippen MR) is 81.5 cm³/mol. The molecule has 1 aliphatic rings. The molecule has 1 fully saturated rings. The second-order valence-electron chi connectivity index (χ2n) is 5.56. The van der Waals surface area contributed by atoms with E-state index >= 15 is 0 Å². The van der Waals surface area contributed by atoms with Gasteiger partial charge in [0.15, 0.2) is 0 Å². The number of primary sulfonamides is 1. The number of nitrogens with one attached hydrogen (secondary N) is 1. The van der Waals surface area contributed by atoms with Gasteiger partial charge in [-0.15, -0.1) is 0 Å². The molecule has 0 radical (unpaired) electrons. The summed E-state index contributed by atoms with van der Waals surface area (Å²) in [6.45, 7) is 2.47. The van der Waals surface area contributed by atoms with Gasteiger partial charge in [-0.3, -0.25) is 4.79 Å². The van der Waals surface area contributed by atoms with Crippen LogP contribution < -0.4 is 10.5 Å². The Morgan fingerprint density at radius 1 is 1.38 bits per heavy atom. The number of sulfonamides is 1. The number of nitrogens with two attached hydrogens (primary N) is 1. The third kappa shape index (κ3) is 4.54. The lowest BCUT2D eigenvalue weighted by atomic mass is 10.1. The average Bonchev–Trinajstić information content (AvgIpc) is 3.26. The van der Waals surface area contributed by atoms with Crippen LogP contribution in [0.1, 0.15) is 48.5 Å². The second-order valence-corrected chi connectivity index (χ2v) is 7.09. The molecule has 3 N–H and O–H groups in total. The molecule has 6 heteroatoms. The summed E-state index contributed by atoms with van der Waals surface area (Å²) in [5.41, 5.74) is 0.963. The Morgan fingerprint density at radius 2 is 2.10 bits per heavy atom. The standard InChI is InChI=1S/C15H22N2O3S/c1-2-12-7-8-13(10-14(12)21(16,19)20)15(18)17-9-3-4-11-5-6-11/h7-8,10-11H,2-6,9H2,1H3,(H,17,18)(H2,16,19,20). The van der Waals surface area contributed by atoms with Gasteiger partial charge >= 0.3 is 0 Å². The molecule has 116 valence electrons. The van der Waals surface area contributed by atoms with Crippen molar-refractivity contribution in [2.45, 2.75) is 43.9 Å². The highest BCUT2D eigenvalue weighted by Gasteiger charge is 2.20. The fourth-order valence-electron chi connectivity index (χ4n) is 2.35. The topological polar surface area (TPSA) is 89.3 Å². The summed E-state index contributed by atoms with van der Waals surface area (Å²) >= 11 is 0. The van der Waals surface area contributed by atoms with Crippen LogP contribution in [0.2, 0.25) is 0 Å². The first-order valence-electron chi connectivity index (χ1n) is 7.35. The summed E-state index contributed by atoms with van der Waals surface area (Å²) in [6.07, 6.45) is 5.28. The summed E-state index contributed by atoms with van der Waals surface area (Å²) in [7, 11) is -3.81. The van der Waals surface area contributed by atoms with E-state index in [9.17, 15) is 13.2 Å². The minimum absolute atomic E-state index is 0.0376. The molecule has 2 rings (SSSR count). The summed E-state index contributed by atoms with van der Waals surface area (Å²) in [5.74, 6) is 0.595. The molecule has 1 aliphatic carbocycles. The maximum atomic E-state index is 12.0. The van der Waals surface area contributed by atoms with Gasteiger partial charge in [-0.05, 0) is 42.9 Å². The van der Waals surface area contributed by atoms with E-state index in [-0.39, 0.29) is 10.8 Å². The summed E-state index contributed by atoms with van der Waals surface area (Å²) in [6, 6.07) is 4.66. The van der Waals surface area contributed by atoms with Crippen molar-refractivity contribution in [3.05, 3.63) is 29.3 Å². The number of benzene rings is 1. The van der Waals surface area contributed by atoms with Crippen molar-refractivity contribution < 1.29 is 13.2 Å². The van der Waals surface area contributed by atoms with E-state index in [1.54, 1.807) is 12.1 Å². The van der Waals surface area contributed by atoms with Gasteiger partial charge in [0.2, 0.25) is 10.0 Å². The van der Waals surface area contributed by atoms with Crippen LogP contribution in [0.4, 0.5) is 0 Å². The highest BCUT2D eigenvalue weighted by atomic mass is 32.2. The van der Waals surface area contributed by atoms with Crippen molar-refractivity contribution >= 4 is 15.9 Å². The number of rotatable bonds is 7. The van der Waals surface area contributed by atoms with Crippen LogP contribution >= 0.6 is 0 Å². The van der Waals surface area contributed by atoms with E-state index in [1.807, 2.05) is 6.92 Å². The number of hydrogen-bond acceptors (Lipinski definition) is 3. The predicted octanol–water partition coefficient (Wildman–Crippen LogP) is 1.82. The molecule has 1 saturated carbocycles. The van der Waals surface area contributed by atoms with Crippen molar-refractivity contribution in [2.75, 3.05) is 6.54 Å². The zero-order valence-electron chi connectivity index (χ0n) is 12.3. The Balaban J connectivity index is 2.02. The van der Waals surface area contributed by atoms with E-state index in [0.717, 1.165) is 18.8 Å². The van der Waals surface area contributed by atoms with Crippen molar-refractivity contribution in [1.82, 2.24) is 5.32 Å². The zero-order chi connectivity index (χ0) is 15.5. The Kier molecular flexibility index (Phi) is 5.00. The van der Waals surface area contributed by atoms with Gasteiger partial charge in [0.1, 0.15) is 0 Å². The van der Waals surface area contributed by atoms with Crippen LogP contribution in [-0.4, -0.2) is 20.9 Å². The molecule has 5 nitrogen and oxygen atoms in total. The molecule has 0 spiro atoms. The zero-order valence-corrected chi connectivity index (χ0v) is 13.1. The first kappa shape index (κ1) is 16.0. The smallest absolute Gasteiger partial charge is 0.251 e. The van der Waals surface area contributed by atoms with Crippen LogP contribution in [0.25, 0.3) is 0 Å². The Labute approximate surface area is 126 Å². The van der Waals surface area contributed by atoms with Crippen molar-refractivity contribution in [3.8, 4) is 0 Å². The molecule has 1 aromatic rings. The van der Waals surface area contributed by atoms with Crippen LogP contribution in [0, 0.1) is 5.92 Å². The molecule has 0 bridgehead atoms. The summed E-state index contributed by atoms with van der Waals surface area (Å²) in [4.78, 5) is 12.1. The van der Waals surface area contributed by atoms with Gasteiger partial charge in [-0.2, -0.15) is 0 Å². The number of amides is 1. The molecular formula is C15H22N2O3S. The van der Waals surface area contributed by atoms with Crippen LogP contribution in [-0.2, 0) is 16.4 Å². The van der Waals surface area contributed by atoms with E-state index in [2.05, 4.69) is 5.32 Å². The highest BCUT2D eigenvalue weighted by molar-refractivity contribution is 7.89. The Hall–Kier alpha value is -1.40. The molecule has 0 unspecified atom stereocenters. The second kappa shape index (κ2) is 6.58. The Bertz CT molecular complexity index is 622. The minimum Gasteiger partial charge on any atom is -0.352 e. The molecule has 0 heterocycles. The maximum absolute atomic E-state index is 12.0. The molecule has 21 heavy (non-hydrogen) atoms. The quantitative estimate of drug-likeness (QED) is 0.753. The molecule has 1 amide bonds. The Morgan fingerprint density at radius 3 is 2.67 bits per heavy atom. The lowest BCUT2D eigenvalue weighted by Crippen LogP contribution is -2.25. The van der Waals surface area contributed by atoms with Crippen LogP contribution in [0.5, 0.6) is 0 Å². The van der Waals surface area contributed by atoms with Crippen molar-refractivity contribution in [2.24, 2.45) is 11.1 Å². The fourth-order valence-corrected chi connectivity index (χ4v) is 3.22. The van der Waals surface area contributed by atoms with Crippen molar-refractivity contribution in [1.29, 1.82) is 0 Å². The van der Waals surface area contributed by atoms with Crippen molar-refractivity contribution in [3.63, 3.8) is 0 Å². The number of hydrogen-bond donors (Lipinski definition) is 2. The normalized spacial score (nSPS) is 15.0. The molecule has 0 aliphatic heterocycles. The lowest BCUT2D eigenvalue weighted by molar-refractivity contribution is 0.0952. The van der Waals surface area contributed by atoms with Gasteiger partial charge in [-0.25, -0.2) is 13.6 Å². The van der Waals surface area contributed by atoms with E-state index < -0.39 is 10.0 Å². The minimum atomic E-state index is -3.81. The first-order chi connectivity index (χ1) is 9.91. The van der Waals surface area contributed by atoms with Crippen LogP contribution in [0.3, 0.4) is 0 Å². The fraction of sp³-hybridized carbons (Fsp3) is 0.533. The molecular weight excluding hydrogens is 288 g/mol. The third-order valence-corrected chi connectivity index (χ3v) is 4.78. The van der Waals surface area contributed by atoms with Gasteiger partial charge in [0.05, 0.1) is 4.90 Å². The van der Waals surface area contributed by atoms with Gasteiger partial charge in [-0.1, -0.05) is 25.8 Å². The first-order valence-corrected chi connectivity index (χ1v) is 8.90. The SMILES string of the molecule is CCc1ccc(C(=O)NCCCC2CC2)cc1S(N)(=O)=O. The van der Waals surface area contributed by atoms with Gasteiger partial charge in [0, 0.05) is 12.1 Å². The number of aryl methyl sites for hydroxylation is 1. The molecule has 0 saturated heterocycles. The lowest BCUT2D eigenvalue weighted by Gasteiger charge is -2.09. The van der Waals surface area contributed by atoms with E-state index in [1.165, 1.54) is 18.9 Å². The average molecular weight is 310 g/mol. The van der Waals surface area contributed by atoms with Gasteiger partial charge in [0.25, 0.3) is 5.91 Å². The number of carbonyl (C=O) groups excluding carboxylic acids is 1. The third-order valence-electron chi connectivity index (χ3n) is 3.79. The number of carbonyl (C=O) groups is 1. The maximum Gasteiger partial charge on any atom is 0.251 e. The molecule has 1 aromatic carbocycles. The largest absolute Gasteiger partial charge is 0.352 e. The van der Waals surface area contributed by atoms with E-state index in [0.29, 0.717) is 24.1 Å². The molecule has 0 aromatic heterocycles. The van der Waals surface area contributed by atoms with E-state index in [4.69, 9.17) is 5.14 Å². The monoisotopic (exact) mass is 310 g/mol. The summed E-state index contributed by atoms with van der Waals surface area (Å²) < 4.78 is 23.2. The highest BCUT2D eigenvalue weighted by Crippen LogP contribution is 2.33. The van der Waals surface area contributed by atoms with Crippen LogP contribution in [0.15, 0.2) is 23.1 Å². The molecule has 0 atom stereocenters. The van der Waals surface area contributed by atoms with Gasteiger partial charge < -0.3 is 5.32 Å².